The molecule has 0 aliphatic carbocycles. The van der Waals surface area contributed by atoms with Crippen molar-refractivity contribution in [2.24, 2.45) is 0 Å². The van der Waals surface area contributed by atoms with Crippen LogP contribution in [0.5, 0.6) is 0 Å². The quantitative estimate of drug-likeness (QED) is 0.256. The molecule has 0 saturated carbocycles. The van der Waals surface area contributed by atoms with Crippen molar-refractivity contribution in [2.75, 3.05) is 0 Å². The van der Waals surface area contributed by atoms with Crippen molar-refractivity contribution in [3.63, 3.8) is 0 Å². The van der Waals surface area contributed by atoms with Crippen LogP contribution in [0.4, 0.5) is 0 Å². The second kappa shape index (κ2) is 134. The third-order valence-electron chi connectivity index (χ3n) is 0. The molecule has 9 nitrogen and oxygen atoms in total. The number of nitrogens with zero attached hydrogens (tertiary/aromatic N) is 9. The number of rotatable bonds is 0. The Balaban J connectivity index is -0.0000000257. The van der Waals surface area contributed by atoms with Crippen molar-refractivity contribution in [1.29, 1.82) is 0 Å². The Morgan fingerprint density at radius 3 is 0.500 bits per heavy atom. The topological polar surface area (TPSA) is 176 Å². The van der Waals surface area contributed by atoms with E-state index in [-0.39, 0.29) is 19.5 Å². The third-order valence-corrected chi connectivity index (χ3v) is 0. The van der Waals surface area contributed by atoms with Crippen LogP contribution in [-0.4, -0.2) is 0 Å². The fourth-order valence-electron chi connectivity index (χ4n) is 0. The number of hydrogen-bond acceptors (Lipinski definition) is 0. The molecule has 0 amide bonds. The zero-order chi connectivity index (χ0) is 8.12. The van der Waals surface area contributed by atoms with E-state index in [1.54, 1.807) is 0 Å². The Bertz CT molecular complexity index is 96.3. The molecule has 0 unspecified atom stereocenters. The van der Waals surface area contributed by atoms with Gasteiger partial charge < -0.3 is 33.2 Å². The summed E-state index contributed by atoms with van der Waals surface area (Å²) in [7, 11) is 0. The van der Waals surface area contributed by atoms with Crippen molar-refractivity contribution in [3.8, 4) is 0 Å². The van der Waals surface area contributed by atoms with Crippen LogP contribution in [0.3, 0.4) is 0 Å². The van der Waals surface area contributed by atoms with E-state index < -0.39 is 0 Å². The second-order valence-corrected chi connectivity index (χ2v) is 0.268. The molecule has 0 rings (SSSR count). The summed E-state index contributed by atoms with van der Waals surface area (Å²) in [6.45, 7) is 0. The van der Waals surface area contributed by atoms with E-state index in [1.807, 2.05) is 0 Å². The van der Waals surface area contributed by atoms with Crippen LogP contribution in [0.2, 0.25) is 0 Å². The average Bonchev–Trinajstić information content (AvgIpc) is 1.70. The van der Waals surface area contributed by atoms with Crippen molar-refractivity contribution in [2.45, 2.75) is 0 Å². The minimum absolute atomic E-state index is 0. The second-order valence-electron chi connectivity index (χ2n) is 0.268. The molecule has 10 heteroatoms. The van der Waals surface area contributed by atoms with Crippen molar-refractivity contribution in [1.82, 2.24) is 0 Å². The molecule has 0 aliphatic heterocycles. The van der Waals surface area contributed by atoms with Gasteiger partial charge in [-0.2, -0.15) is 0 Å². The zero-order valence-electron chi connectivity index (χ0n) is 4.38. The molecule has 0 spiro atoms. The molecule has 0 aromatic carbocycles. The Kier molecular flexibility index (Phi) is 316. The first-order chi connectivity index (χ1) is 4.24. The molecule has 0 atom stereocenters. The molecular formula is N9Ru. The Morgan fingerprint density at radius 2 is 0.500 bits per heavy atom. The van der Waals surface area contributed by atoms with Crippen LogP contribution < -0.4 is 0 Å². The SMILES string of the molecule is [N-]=[N+]=[N-].[N-]=[N+]=[N-].[N-]=[N+]=[N-].[Ru+3]. The monoisotopic (exact) mass is 228 g/mol. The van der Waals surface area contributed by atoms with E-state index in [0.717, 1.165) is 0 Å². The van der Waals surface area contributed by atoms with Crippen LogP contribution >= 0.6 is 0 Å². The molecular weight excluding hydrogens is 227 g/mol. The van der Waals surface area contributed by atoms with Crippen LogP contribution in [-0.2, 0) is 19.5 Å². The zero-order valence-corrected chi connectivity index (χ0v) is 6.12. The van der Waals surface area contributed by atoms with E-state index in [2.05, 4.69) is 0 Å². The summed E-state index contributed by atoms with van der Waals surface area (Å²) < 4.78 is 0. The van der Waals surface area contributed by atoms with Crippen molar-refractivity contribution < 1.29 is 19.5 Å². The van der Waals surface area contributed by atoms with Gasteiger partial charge in [0.05, 0.1) is 0 Å². The summed E-state index contributed by atoms with van der Waals surface area (Å²) in [5, 5.41) is 0. The largest absolute Gasteiger partial charge is 3.00 e. The maximum absolute atomic E-state index is 6.75. The summed E-state index contributed by atoms with van der Waals surface area (Å²) in [5.41, 5.74) is 40.5. The summed E-state index contributed by atoms with van der Waals surface area (Å²) in [6.07, 6.45) is 0. The Morgan fingerprint density at radius 1 is 0.500 bits per heavy atom. The van der Waals surface area contributed by atoms with Gasteiger partial charge in [-0.15, -0.1) is 0 Å². The first kappa shape index (κ1) is 23.5. The van der Waals surface area contributed by atoms with Crippen molar-refractivity contribution in [3.05, 3.63) is 47.9 Å². The fourth-order valence-corrected chi connectivity index (χ4v) is 0. The maximum atomic E-state index is 6.75. The summed E-state index contributed by atoms with van der Waals surface area (Å²) in [5.74, 6) is 0. The predicted octanol–water partition coefficient (Wildman–Crippen LogP) is 2.60. The van der Waals surface area contributed by atoms with Gasteiger partial charge in [0.15, 0.2) is 0 Å². The molecule has 53 valence electrons. The van der Waals surface area contributed by atoms with E-state index >= 15 is 0 Å². The van der Waals surface area contributed by atoms with Crippen LogP contribution in [0, 0.1) is 0 Å². The summed E-state index contributed by atoms with van der Waals surface area (Å²) in [4.78, 5) is 4.50. The number of hydrogen-bond donors (Lipinski definition) is 0. The van der Waals surface area contributed by atoms with Crippen molar-refractivity contribution >= 4 is 0 Å². The van der Waals surface area contributed by atoms with E-state index in [4.69, 9.17) is 33.2 Å². The molecule has 10 heavy (non-hydrogen) atoms. The molecule has 0 heterocycles. The molecule has 0 bridgehead atoms. The van der Waals surface area contributed by atoms with E-state index in [9.17, 15) is 0 Å². The van der Waals surface area contributed by atoms with Gasteiger partial charge in [0.1, 0.15) is 0 Å². The smallest absolute Gasteiger partial charge is 0.373 e. The Labute approximate surface area is 68.0 Å². The van der Waals surface area contributed by atoms with Crippen LogP contribution in [0.25, 0.3) is 47.9 Å². The van der Waals surface area contributed by atoms with Gasteiger partial charge in [0.2, 0.25) is 0 Å². The van der Waals surface area contributed by atoms with Gasteiger partial charge in [-0.1, -0.05) is 0 Å². The Hall–Kier alpha value is -1.45. The minimum Gasteiger partial charge on any atom is -0.373 e. The normalized spacial score (nSPS) is 2.40. The minimum atomic E-state index is 0. The van der Waals surface area contributed by atoms with Gasteiger partial charge in [0.25, 0.3) is 0 Å². The van der Waals surface area contributed by atoms with Gasteiger partial charge >= 0.3 is 19.5 Å². The molecule has 0 saturated heterocycles. The van der Waals surface area contributed by atoms with Gasteiger partial charge in [-0.3, -0.25) is 14.7 Å². The van der Waals surface area contributed by atoms with Crippen LogP contribution in [0.1, 0.15) is 0 Å². The molecule has 0 aromatic heterocycles. The molecule has 0 aromatic rings. The molecule has 0 aliphatic rings. The van der Waals surface area contributed by atoms with Gasteiger partial charge in [-0.25, -0.2) is 0 Å². The average molecular weight is 227 g/mol. The first-order valence-electron chi connectivity index (χ1n) is 1.20. The fraction of sp³-hybridized carbons (Fsp3) is 0. The standard InChI is InChI=1S/3N3.Ru/c3*1-3-2;/q3*-1;+3. The van der Waals surface area contributed by atoms with E-state index in [0.29, 0.717) is 0 Å². The summed E-state index contributed by atoms with van der Waals surface area (Å²) >= 11 is 0. The van der Waals surface area contributed by atoms with Gasteiger partial charge in [0, 0.05) is 0 Å². The van der Waals surface area contributed by atoms with E-state index in [1.165, 1.54) is 14.7 Å². The maximum Gasteiger partial charge on any atom is 3.00 e. The van der Waals surface area contributed by atoms with Crippen LogP contribution in [0.15, 0.2) is 0 Å². The van der Waals surface area contributed by atoms with Gasteiger partial charge in [-0.05, 0) is 0 Å². The summed E-state index contributed by atoms with van der Waals surface area (Å²) in [6, 6.07) is 0. The molecule has 1 radical (unpaired) electrons. The molecule has 0 N–H and O–H groups in total. The molecule has 0 fully saturated rings. The third kappa shape index (κ3) is 96.6. The predicted molar refractivity (Wildman–Crippen MR) is 30.2 cm³/mol. The first-order valence-corrected chi connectivity index (χ1v) is 1.20.